The van der Waals surface area contributed by atoms with Crippen LogP contribution < -0.4 is 5.73 Å². The van der Waals surface area contributed by atoms with E-state index in [0.717, 1.165) is 0 Å². The van der Waals surface area contributed by atoms with Crippen molar-refractivity contribution >= 4 is 11.5 Å². The Balaban J connectivity index is 1.97. The summed E-state index contributed by atoms with van der Waals surface area (Å²) in [6.45, 7) is 4.09. The zero-order chi connectivity index (χ0) is 15.6. The highest BCUT2D eigenvalue weighted by Crippen LogP contribution is 2.40. The van der Waals surface area contributed by atoms with Gasteiger partial charge < -0.3 is 15.9 Å². The van der Waals surface area contributed by atoms with E-state index < -0.39 is 12.2 Å². The number of rotatable bonds is 4. The molecule has 0 aromatic heterocycles. The lowest BCUT2D eigenvalue weighted by Crippen LogP contribution is -2.43. The first-order chi connectivity index (χ1) is 9.80. The fraction of sp³-hybridized carbons (Fsp3) is 0.588. The lowest BCUT2D eigenvalue weighted by molar-refractivity contribution is -0.0706. The number of para-hydroxylation sites is 1. The van der Waals surface area contributed by atoms with E-state index in [1.807, 2.05) is 13.8 Å². The number of carbonyl (C=O) groups excluding carboxylic acids is 1. The van der Waals surface area contributed by atoms with Crippen molar-refractivity contribution in [3.63, 3.8) is 0 Å². The number of aliphatic hydroxyl groups excluding tert-OH is 2. The molecule has 1 aromatic carbocycles. The van der Waals surface area contributed by atoms with Crippen molar-refractivity contribution in [3.05, 3.63) is 29.8 Å². The molecule has 4 N–H and O–H groups in total. The Hall–Kier alpha value is -1.39. The minimum atomic E-state index is -0.551. The van der Waals surface area contributed by atoms with Crippen molar-refractivity contribution in [2.75, 3.05) is 5.73 Å². The SMILES string of the molecule is CC1(C)C[C@H](O)C(CCC(=O)c2ccccc2N)[C@@H](O)C1. The minimum absolute atomic E-state index is 0.0302. The number of carbonyl (C=O) groups is 1. The minimum Gasteiger partial charge on any atom is -0.398 e. The van der Waals surface area contributed by atoms with Crippen molar-refractivity contribution in [2.45, 2.75) is 51.7 Å². The standard InChI is InChI=1S/C17H25NO3/c1-17(2)9-15(20)12(16(21)10-17)7-8-14(19)11-5-3-4-6-13(11)18/h3-6,12,15-16,20-21H,7-10,18H2,1-2H3/t15-,16-/m0/s1. The van der Waals surface area contributed by atoms with E-state index in [-0.39, 0.29) is 17.1 Å². The van der Waals surface area contributed by atoms with Crippen molar-refractivity contribution in [3.8, 4) is 0 Å². The molecular formula is C17H25NO3. The summed E-state index contributed by atoms with van der Waals surface area (Å²) in [6, 6.07) is 7.01. The summed E-state index contributed by atoms with van der Waals surface area (Å²) in [5.41, 5.74) is 6.75. The molecular weight excluding hydrogens is 266 g/mol. The average molecular weight is 291 g/mol. The van der Waals surface area contributed by atoms with Gasteiger partial charge in [0.2, 0.25) is 0 Å². The fourth-order valence-corrected chi connectivity index (χ4v) is 3.34. The quantitative estimate of drug-likeness (QED) is 0.587. The van der Waals surface area contributed by atoms with Crippen molar-refractivity contribution in [2.24, 2.45) is 11.3 Å². The van der Waals surface area contributed by atoms with Crippen LogP contribution in [0, 0.1) is 11.3 Å². The highest BCUT2D eigenvalue weighted by molar-refractivity contribution is 6.00. The van der Waals surface area contributed by atoms with Crippen molar-refractivity contribution in [1.82, 2.24) is 0 Å². The van der Waals surface area contributed by atoms with Crippen LogP contribution in [0.3, 0.4) is 0 Å². The van der Waals surface area contributed by atoms with Crippen LogP contribution in [0.25, 0.3) is 0 Å². The second kappa shape index (κ2) is 6.16. The molecule has 2 rings (SSSR count). The van der Waals surface area contributed by atoms with Gasteiger partial charge in [-0.15, -0.1) is 0 Å². The summed E-state index contributed by atoms with van der Waals surface area (Å²) < 4.78 is 0. The molecule has 21 heavy (non-hydrogen) atoms. The topological polar surface area (TPSA) is 83.5 Å². The molecule has 116 valence electrons. The van der Waals surface area contributed by atoms with Gasteiger partial charge in [0.05, 0.1) is 12.2 Å². The molecule has 0 radical (unpaired) electrons. The molecule has 1 aliphatic carbocycles. The van der Waals surface area contributed by atoms with Gasteiger partial charge in [-0.05, 0) is 36.8 Å². The molecule has 1 saturated carbocycles. The molecule has 0 amide bonds. The zero-order valence-corrected chi connectivity index (χ0v) is 12.7. The van der Waals surface area contributed by atoms with Gasteiger partial charge in [0.15, 0.2) is 5.78 Å². The van der Waals surface area contributed by atoms with Crippen molar-refractivity contribution < 1.29 is 15.0 Å². The molecule has 0 unspecified atom stereocenters. The predicted molar refractivity (Wildman–Crippen MR) is 82.9 cm³/mol. The highest BCUT2D eigenvalue weighted by atomic mass is 16.3. The molecule has 0 heterocycles. The number of hydrogen-bond acceptors (Lipinski definition) is 4. The van der Waals surface area contributed by atoms with E-state index in [9.17, 15) is 15.0 Å². The molecule has 1 fully saturated rings. The number of nitrogens with two attached hydrogens (primary N) is 1. The van der Waals surface area contributed by atoms with Crippen LogP contribution >= 0.6 is 0 Å². The van der Waals surface area contributed by atoms with E-state index in [1.165, 1.54) is 0 Å². The molecule has 2 atom stereocenters. The summed E-state index contributed by atoms with van der Waals surface area (Å²) in [5.74, 6) is -0.260. The van der Waals surface area contributed by atoms with Gasteiger partial charge in [-0.2, -0.15) is 0 Å². The highest BCUT2D eigenvalue weighted by Gasteiger charge is 2.39. The fourth-order valence-electron chi connectivity index (χ4n) is 3.34. The number of benzene rings is 1. The number of ketones is 1. The Morgan fingerprint density at radius 2 is 1.81 bits per heavy atom. The molecule has 4 nitrogen and oxygen atoms in total. The summed E-state index contributed by atoms with van der Waals surface area (Å²) in [5, 5.41) is 20.4. The summed E-state index contributed by atoms with van der Waals surface area (Å²) in [4.78, 5) is 12.2. The second-order valence-corrected chi connectivity index (χ2v) is 6.92. The number of hydrogen-bond donors (Lipinski definition) is 3. The number of Topliss-reactive ketones (excluding diaryl/α,β-unsaturated/α-hetero) is 1. The summed E-state index contributed by atoms with van der Waals surface area (Å²) in [7, 11) is 0. The summed E-state index contributed by atoms with van der Waals surface area (Å²) >= 11 is 0. The number of anilines is 1. The smallest absolute Gasteiger partial charge is 0.164 e. The molecule has 1 aliphatic rings. The van der Waals surface area contributed by atoms with E-state index >= 15 is 0 Å². The maximum absolute atomic E-state index is 12.2. The van der Waals surface area contributed by atoms with Gasteiger partial charge in [-0.25, -0.2) is 0 Å². The maximum Gasteiger partial charge on any atom is 0.164 e. The van der Waals surface area contributed by atoms with Gasteiger partial charge in [-0.1, -0.05) is 26.0 Å². The van der Waals surface area contributed by atoms with Crippen LogP contribution in [0.2, 0.25) is 0 Å². The first kappa shape index (κ1) is 16.0. The molecule has 0 bridgehead atoms. The van der Waals surface area contributed by atoms with E-state index in [2.05, 4.69) is 0 Å². The summed E-state index contributed by atoms with van der Waals surface area (Å²) in [6.07, 6.45) is 1.01. The predicted octanol–water partition coefficient (Wildman–Crippen LogP) is 2.39. The first-order valence-electron chi connectivity index (χ1n) is 7.54. The van der Waals surface area contributed by atoms with Crippen LogP contribution in [0.5, 0.6) is 0 Å². The van der Waals surface area contributed by atoms with Gasteiger partial charge in [0.1, 0.15) is 0 Å². The number of aliphatic hydroxyl groups is 2. The Labute approximate surface area is 126 Å². The maximum atomic E-state index is 12.2. The lowest BCUT2D eigenvalue weighted by atomic mass is 9.68. The van der Waals surface area contributed by atoms with Crippen LogP contribution in [0.15, 0.2) is 24.3 Å². The third-order valence-corrected chi connectivity index (χ3v) is 4.48. The first-order valence-corrected chi connectivity index (χ1v) is 7.54. The third kappa shape index (κ3) is 3.83. The van der Waals surface area contributed by atoms with Crippen molar-refractivity contribution in [1.29, 1.82) is 0 Å². The Bertz CT molecular complexity index is 499. The van der Waals surface area contributed by atoms with E-state index in [1.54, 1.807) is 24.3 Å². The molecule has 0 saturated heterocycles. The van der Waals surface area contributed by atoms with Crippen LogP contribution in [-0.2, 0) is 0 Å². The lowest BCUT2D eigenvalue weighted by Gasteiger charge is -2.41. The molecule has 4 heteroatoms. The second-order valence-electron chi connectivity index (χ2n) is 6.92. The van der Waals surface area contributed by atoms with Gasteiger partial charge in [0.25, 0.3) is 0 Å². The van der Waals surface area contributed by atoms with Crippen LogP contribution in [0.1, 0.15) is 49.9 Å². The van der Waals surface area contributed by atoms with Gasteiger partial charge in [-0.3, -0.25) is 4.79 Å². The van der Waals surface area contributed by atoms with E-state index in [4.69, 9.17) is 5.73 Å². The largest absolute Gasteiger partial charge is 0.398 e. The van der Waals surface area contributed by atoms with Gasteiger partial charge in [0, 0.05) is 23.6 Å². The molecule has 0 spiro atoms. The monoisotopic (exact) mass is 291 g/mol. The Morgan fingerprint density at radius 3 is 2.38 bits per heavy atom. The molecule has 1 aromatic rings. The van der Waals surface area contributed by atoms with Gasteiger partial charge >= 0.3 is 0 Å². The third-order valence-electron chi connectivity index (χ3n) is 4.48. The van der Waals surface area contributed by atoms with Crippen LogP contribution in [0.4, 0.5) is 5.69 Å². The van der Waals surface area contributed by atoms with E-state index in [0.29, 0.717) is 36.9 Å². The Morgan fingerprint density at radius 1 is 1.24 bits per heavy atom. The Kier molecular flexibility index (Phi) is 4.69. The normalized spacial score (nSPS) is 28.3. The number of nitrogen functional groups attached to an aromatic ring is 1. The molecule has 0 aliphatic heterocycles. The average Bonchev–Trinajstić information content (AvgIpc) is 2.36. The zero-order valence-electron chi connectivity index (χ0n) is 12.7. The van der Waals surface area contributed by atoms with Crippen LogP contribution in [-0.4, -0.2) is 28.2 Å².